The van der Waals surface area contributed by atoms with Crippen LogP contribution in [0, 0.1) is 5.82 Å². The summed E-state index contributed by atoms with van der Waals surface area (Å²) in [4.78, 5) is 12.3. The molecule has 0 saturated heterocycles. The molecule has 1 N–H and O–H groups in total. The van der Waals surface area contributed by atoms with Gasteiger partial charge in [-0.3, -0.25) is 4.79 Å². The van der Waals surface area contributed by atoms with Crippen molar-refractivity contribution in [2.24, 2.45) is 0 Å². The van der Waals surface area contributed by atoms with Crippen LogP contribution in [0.25, 0.3) is 0 Å². The highest BCUT2D eigenvalue weighted by Gasteiger charge is 2.21. The molecule has 1 amide bonds. The van der Waals surface area contributed by atoms with E-state index in [0.29, 0.717) is 10.6 Å². The van der Waals surface area contributed by atoms with Gasteiger partial charge >= 0.3 is 0 Å². The molecule has 0 aliphatic carbocycles. The zero-order chi connectivity index (χ0) is 19.3. The molecule has 2 aromatic carbocycles. The van der Waals surface area contributed by atoms with Gasteiger partial charge in [0.05, 0.1) is 18.8 Å². The topological polar surface area (TPSA) is 66.5 Å². The van der Waals surface area contributed by atoms with E-state index in [0.717, 1.165) is 16.1 Å². The van der Waals surface area contributed by atoms with Gasteiger partial charge in [-0.25, -0.2) is 12.8 Å². The Morgan fingerprint density at radius 2 is 1.73 bits per heavy atom. The molecule has 0 spiro atoms. The fourth-order valence-electron chi connectivity index (χ4n) is 2.37. The molecule has 140 valence electrons. The fraction of sp³-hybridized carbons (Fsp3) is 0.278. The van der Waals surface area contributed by atoms with Crippen LogP contribution in [-0.2, 0) is 21.4 Å². The molecule has 2 rings (SSSR count). The molecule has 1 atom stereocenters. The van der Waals surface area contributed by atoms with E-state index < -0.39 is 21.7 Å². The van der Waals surface area contributed by atoms with Crippen LogP contribution in [0.5, 0.6) is 0 Å². The normalized spacial score (nSPS) is 12.8. The maximum absolute atomic E-state index is 13.0. The van der Waals surface area contributed by atoms with Crippen molar-refractivity contribution in [2.45, 2.75) is 19.5 Å². The molecule has 0 fully saturated rings. The molecule has 26 heavy (non-hydrogen) atoms. The predicted octanol–water partition coefficient (Wildman–Crippen LogP) is 3.12. The quantitative estimate of drug-likeness (QED) is 0.779. The number of halogens is 2. The minimum Gasteiger partial charge on any atom is -0.348 e. The first-order chi connectivity index (χ1) is 12.1. The number of hydrogen-bond acceptors (Lipinski definition) is 3. The molecule has 0 unspecified atom stereocenters. The highest BCUT2D eigenvalue weighted by molar-refractivity contribution is 7.88. The first kappa shape index (κ1) is 20.4. The molecule has 0 saturated carbocycles. The zero-order valence-electron chi connectivity index (χ0n) is 14.4. The van der Waals surface area contributed by atoms with Gasteiger partial charge in [0.15, 0.2) is 0 Å². The first-order valence-corrected chi connectivity index (χ1v) is 10.1. The predicted molar refractivity (Wildman–Crippen MR) is 99.7 cm³/mol. The summed E-state index contributed by atoms with van der Waals surface area (Å²) in [5, 5.41) is 3.36. The smallest absolute Gasteiger partial charge is 0.235 e. The number of benzene rings is 2. The van der Waals surface area contributed by atoms with E-state index in [-0.39, 0.29) is 19.1 Å². The monoisotopic (exact) mass is 398 g/mol. The van der Waals surface area contributed by atoms with Crippen molar-refractivity contribution < 1.29 is 17.6 Å². The maximum atomic E-state index is 13.0. The van der Waals surface area contributed by atoms with Gasteiger partial charge in [0.25, 0.3) is 0 Å². The van der Waals surface area contributed by atoms with Crippen LogP contribution >= 0.6 is 11.6 Å². The Bertz CT molecular complexity index is 855. The van der Waals surface area contributed by atoms with E-state index in [4.69, 9.17) is 11.6 Å². The van der Waals surface area contributed by atoms with Crippen molar-refractivity contribution >= 4 is 27.5 Å². The van der Waals surface area contributed by atoms with E-state index in [1.807, 2.05) is 0 Å². The van der Waals surface area contributed by atoms with Crippen molar-refractivity contribution in [3.05, 3.63) is 70.5 Å². The van der Waals surface area contributed by atoms with Crippen LogP contribution in [0.2, 0.25) is 5.02 Å². The number of rotatable bonds is 7. The molecule has 0 aliphatic rings. The summed E-state index contributed by atoms with van der Waals surface area (Å²) in [6.07, 6.45) is 1.03. The molecular formula is C18H20ClFN2O3S. The van der Waals surface area contributed by atoms with E-state index in [2.05, 4.69) is 5.32 Å². The number of carbonyl (C=O) groups excluding carboxylic acids is 1. The number of amides is 1. The van der Waals surface area contributed by atoms with Gasteiger partial charge in [-0.1, -0.05) is 35.9 Å². The molecule has 0 heterocycles. The molecule has 0 aromatic heterocycles. The lowest BCUT2D eigenvalue weighted by atomic mass is 10.1. The number of sulfonamides is 1. The van der Waals surface area contributed by atoms with Crippen molar-refractivity contribution in [3.63, 3.8) is 0 Å². The second-order valence-electron chi connectivity index (χ2n) is 6.00. The Labute approximate surface area is 157 Å². The summed E-state index contributed by atoms with van der Waals surface area (Å²) in [5.41, 5.74) is 1.45. The van der Waals surface area contributed by atoms with Gasteiger partial charge in [0.2, 0.25) is 15.9 Å². The van der Waals surface area contributed by atoms with E-state index in [1.165, 1.54) is 24.3 Å². The van der Waals surface area contributed by atoms with Crippen LogP contribution in [0.3, 0.4) is 0 Å². The Hall–Kier alpha value is -1.96. The van der Waals surface area contributed by atoms with Gasteiger partial charge in [0.1, 0.15) is 5.82 Å². The Balaban J connectivity index is 2.04. The molecule has 8 heteroatoms. The number of hydrogen-bond donors (Lipinski definition) is 1. The fourth-order valence-corrected chi connectivity index (χ4v) is 3.23. The Kier molecular flexibility index (Phi) is 6.75. The molecule has 5 nitrogen and oxygen atoms in total. The number of nitrogens with zero attached hydrogens (tertiary/aromatic N) is 1. The molecule has 0 aliphatic heterocycles. The molecule has 0 radical (unpaired) electrons. The van der Waals surface area contributed by atoms with Gasteiger partial charge in [0, 0.05) is 11.6 Å². The van der Waals surface area contributed by atoms with Crippen molar-refractivity contribution in [1.82, 2.24) is 9.62 Å². The summed E-state index contributed by atoms with van der Waals surface area (Å²) < 4.78 is 38.0. The molecular weight excluding hydrogens is 379 g/mol. The number of carbonyl (C=O) groups is 1. The third-order valence-electron chi connectivity index (χ3n) is 3.81. The van der Waals surface area contributed by atoms with Gasteiger partial charge in [-0.2, -0.15) is 4.31 Å². The van der Waals surface area contributed by atoms with Gasteiger partial charge < -0.3 is 5.32 Å². The van der Waals surface area contributed by atoms with Crippen molar-refractivity contribution in [1.29, 1.82) is 0 Å². The minimum absolute atomic E-state index is 0.0120. The molecule has 2 aromatic rings. The van der Waals surface area contributed by atoms with Crippen molar-refractivity contribution in [3.8, 4) is 0 Å². The lowest BCUT2D eigenvalue weighted by Gasteiger charge is -2.21. The largest absolute Gasteiger partial charge is 0.348 e. The zero-order valence-corrected chi connectivity index (χ0v) is 16.0. The molecule has 0 bridgehead atoms. The minimum atomic E-state index is -3.61. The van der Waals surface area contributed by atoms with E-state index >= 15 is 0 Å². The van der Waals surface area contributed by atoms with Crippen LogP contribution in [0.4, 0.5) is 4.39 Å². The van der Waals surface area contributed by atoms with Crippen LogP contribution < -0.4 is 5.32 Å². The average Bonchev–Trinajstić information content (AvgIpc) is 2.56. The summed E-state index contributed by atoms with van der Waals surface area (Å²) in [6.45, 7) is 1.46. The third-order valence-corrected chi connectivity index (χ3v) is 5.26. The Morgan fingerprint density at radius 1 is 1.15 bits per heavy atom. The van der Waals surface area contributed by atoms with Crippen LogP contribution in [-0.4, -0.2) is 31.4 Å². The standard InChI is InChI=1S/C18H20ClFN2O3S/c1-13(15-5-7-16(19)8-6-15)21-18(23)12-22(26(2,24)25)11-14-3-9-17(20)10-4-14/h3-10,13H,11-12H2,1-2H3,(H,21,23)/t13-/m0/s1. The van der Waals surface area contributed by atoms with E-state index in [1.54, 1.807) is 31.2 Å². The highest BCUT2D eigenvalue weighted by Crippen LogP contribution is 2.16. The highest BCUT2D eigenvalue weighted by atomic mass is 35.5. The average molecular weight is 399 g/mol. The van der Waals surface area contributed by atoms with E-state index in [9.17, 15) is 17.6 Å². The SMILES string of the molecule is C[C@H](NC(=O)CN(Cc1ccc(F)cc1)S(C)(=O)=O)c1ccc(Cl)cc1. The summed E-state index contributed by atoms with van der Waals surface area (Å²) in [7, 11) is -3.61. The Morgan fingerprint density at radius 3 is 2.27 bits per heavy atom. The second-order valence-corrected chi connectivity index (χ2v) is 8.42. The van der Waals surface area contributed by atoms with Gasteiger partial charge in [-0.15, -0.1) is 0 Å². The summed E-state index contributed by atoms with van der Waals surface area (Å²) in [5.74, 6) is -0.839. The third kappa shape index (κ3) is 6.09. The van der Waals surface area contributed by atoms with Crippen LogP contribution in [0.15, 0.2) is 48.5 Å². The summed E-state index contributed by atoms with van der Waals surface area (Å²) in [6, 6.07) is 12.2. The first-order valence-electron chi connectivity index (χ1n) is 7.89. The summed E-state index contributed by atoms with van der Waals surface area (Å²) >= 11 is 5.84. The van der Waals surface area contributed by atoms with Crippen LogP contribution in [0.1, 0.15) is 24.1 Å². The lowest BCUT2D eigenvalue weighted by Crippen LogP contribution is -2.40. The van der Waals surface area contributed by atoms with Gasteiger partial charge in [-0.05, 0) is 42.3 Å². The number of nitrogens with one attached hydrogen (secondary N) is 1. The lowest BCUT2D eigenvalue weighted by molar-refractivity contribution is -0.122. The van der Waals surface area contributed by atoms with Crippen molar-refractivity contribution in [2.75, 3.05) is 12.8 Å². The maximum Gasteiger partial charge on any atom is 0.235 e. The second kappa shape index (κ2) is 8.62.